The van der Waals surface area contributed by atoms with E-state index in [2.05, 4.69) is 5.32 Å². The van der Waals surface area contributed by atoms with E-state index in [9.17, 15) is 14.4 Å². The molecule has 3 heterocycles. The Hall–Kier alpha value is -3.33. The maximum absolute atomic E-state index is 12.7. The van der Waals surface area contributed by atoms with Crippen LogP contribution < -0.4 is 5.32 Å². The molecule has 0 unspecified atom stereocenters. The molecule has 0 aliphatic carbocycles. The van der Waals surface area contributed by atoms with Crippen molar-refractivity contribution in [2.45, 2.75) is 13.8 Å². The number of carbonyl (C=O) groups excluding carboxylic acids is 3. The zero-order valence-corrected chi connectivity index (χ0v) is 18.4. The number of urea groups is 1. The quantitative estimate of drug-likeness (QED) is 0.791. The van der Waals surface area contributed by atoms with Crippen molar-refractivity contribution in [3.05, 3.63) is 53.0 Å². The van der Waals surface area contributed by atoms with E-state index < -0.39 is 0 Å². The molecule has 0 saturated carbocycles. The number of amides is 4. The highest BCUT2D eigenvalue weighted by molar-refractivity contribution is 5.97. The van der Waals surface area contributed by atoms with Gasteiger partial charge in [-0.2, -0.15) is 0 Å². The average molecular weight is 441 g/mol. The molecule has 1 N–H and O–H groups in total. The fourth-order valence-corrected chi connectivity index (χ4v) is 4.01. The first-order valence-corrected chi connectivity index (χ1v) is 10.8. The number of morpholine rings is 1. The highest BCUT2D eigenvalue weighted by atomic mass is 16.5. The molecule has 4 rings (SSSR count). The van der Waals surface area contributed by atoms with Gasteiger partial charge in [-0.1, -0.05) is 6.07 Å². The van der Waals surface area contributed by atoms with Crippen molar-refractivity contribution in [2.24, 2.45) is 0 Å². The Balaban J connectivity index is 1.32. The summed E-state index contributed by atoms with van der Waals surface area (Å²) in [5.41, 5.74) is 1.67. The van der Waals surface area contributed by atoms with Gasteiger partial charge in [0.25, 0.3) is 11.8 Å². The predicted octanol–water partition coefficient (Wildman–Crippen LogP) is 2.36. The van der Waals surface area contributed by atoms with E-state index in [1.807, 2.05) is 6.92 Å². The smallest absolute Gasteiger partial charge is 0.321 e. The lowest BCUT2D eigenvalue weighted by Crippen LogP contribution is -2.51. The third-order valence-corrected chi connectivity index (χ3v) is 5.78. The Morgan fingerprint density at radius 1 is 0.844 bits per heavy atom. The van der Waals surface area contributed by atoms with Crippen molar-refractivity contribution >= 4 is 23.5 Å². The van der Waals surface area contributed by atoms with Crippen molar-refractivity contribution in [1.82, 2.24) is 14.7 Å². The van der Waals surface area contributed by atoms with E-state index >= 15 is 0 Å². The predicted molar refractivity (Wildman–Crippen MR) is 118 cm³/mol. The summed E-state index contributed by atoms with van der Waals surface area (Å²) in [5.74, 6) is 1.17. The first kappa shape index (κ1) is 21.9. The number of nitrogens with zero attached hydrogens (tertiary/aromatic N) is 3. The summed E-state index contributed by atoms with van der Waals surface area (Å²) >= 11 is 0. The molecule has 0 atom stereocenters. The largest absolute Gasteiger partial charge is 0.466 e. The Bertz CT molecular complexity index is 1000. The molecule has 170 valence electrons. The summed E-state index contributed by atoms with van der Waals surface area (Å²) in [6.07, 6.45) is 0. The van der Waals surface area contributed by atoms with E-state index in [1.165, 1.54) is 0 Å². The molecule has 2 saturated heterocycles. The number of piperazine rings is 1. The molecule has 4 amide bonds. The molecule has 1 aromatic heterocycles. The second kappa shape index (κ2) is 9.44. The number of rotatable bonds is 3. The summed E-state index contributed by atoms with van der Waals surface area (Å²) in [5, 5.41) is 2.87. The third kappa shape index (κ3) is 4.77. The van der Waals surface area contributed by atoms with Crippen molar-refractivity contribution in [1.29, 1.82) is 0 Å². The van der Waals surface area contributed by atoms with Crippen LogP contribution in [-0.2, 0) is 4.74 Å². The van der Waals surface area contributed by atoms with Crippen LogP contribution >= 0.6 is 0 Å². The van der Waals surface area contributed by atoms with Gasteiger partial charge in [0, 0.05) is 50.5 Å². The first-order valence-electron chi connectivity index (χ1n) is 10.8. The van der Waals surface area contributed by atoms with E-state index in [0.717, 1.165) is 0 Å². The first-order chi connectivity index (χ1) is 15.4. The lowest BCUT2D eigenvalue weighted by Gasteiger charge is -2.34. The summed E-state index contributed by atoms with van der Waals surface area (Å²) < 4.78 is 10.8. The number of hydrogen-bond acceptors (Lipinski definition) is 5. The molecule has 2 aliphatic rings. The lowest BCUT2D eigenvalue weighted by molar-refractivity contribution is 0.0303. The maximum Gasteiger partial charge on any atom is 0.321 e. The van der Waals surface area contributed by atoms with Gasteiger partial charge in [0.2, 0.25) is 0 Å². The minimum Gasteiger partial charge on any atom is -0.466 e. The highest BCUT2D eigenvalue weighted by Gasteiger charge is 2.27. The number of anilines is 1. The van der Waals surface area contributed by atoms with Gasteiger partial charge in [-0.15, -0.1) is 0 Å². The Morgan fingerprint density at radius 2 is 1.50 bits per heavy atom. The summed E-state index contributed by atoms with van der Waals surface area (Å²) in [6, 6.07) is 8.47. The van der Waals surface area contributed by atoms with Crippen LogP contribution in [0.5, 0.6) is 0 Å². The molecule has 0 spiro atoms. The monoisotopic (exact) mass is 440 g/mol. The van der Waals surface area contributed by atoms with Gasteiger partial charge in [-0.25, -0.2) is 4.79 Å². The number of aryl methyl sites for hydroxylation is 2. The lowest BCUT2D eigenvalue weighted by atomic mass is 10.1. The highest BCUT2D eigenvalue weighted by Crippen LogP contribution is 2.18. The number of carbonyl (C=O) groups is 3. The van der Waals surface area contributed by atoms with E-state index in [0.29, 0.717) is 80.8 Å². The number of benzene rings is 1. The average Bonchev–Trinajstić information content (AvgIpc) is 3.16. The topological polar surface area (TPSA) is 95.3 Å². The summed E-state index contributed by atoms with van der Waals surface area (Å²) in [7, 11) is 0. The van der Waals surface area contributed by atoms with Crippen LogP contribution in [0.3, 0.4) is 0 Å². The summed E-state index contributed by atoms with van der Waals surface area (Å²) in [4.78, 5) is 43.3. The SMILES string of the molecule is Cc1cc(C(=O)N2CCN(C(=O)Nc3cccc(C(=O)N4CCOCC4)c3)CC2)c(C)o1. The molecule has 2 aromatic rings. The Kier molecular flexibility index (Phi) is 6.45. The van der Waals surface area contributed by atoms with Gasteiger partial charge in [-0.3, -0.25) is 9.59 Å². The van der Waals surface area contributed by atoms with Gasteiger partial charge in [0.05, 0.1) is 18.8 Å². The fourth-order valence-electron chi connectivity index (χ4n) is 4.01. The zero-order chi connectivity index (χ0) is 22.7. The molecule has 2 fully saturated rings. The van der Waals surface area contributed by atoms with Crippen LogP contribution in [0.2, 0.25) is 0 Å². The van der Waals surface area contributed by atoms with E-state index in [-0.39, 0.29) is 17.8 Å². The minimum atomic E-state index is -0.247. The van der Waals surface area contributed by atoms with Crippen molar-refractivity contribution in [3.63, 3.8) is 0 Å². The van der Waals surface area contributed by atoms with Crippen LogP contribution in [0.25, 0.3) is 0 Å². The van der Waals surface area contributed by atoms with Crippen molar-refractivity contribution < 1.29 is 23.5 Å². The number of ether oxygens (including phenoxy) is 1. The standard InChI is InChI=1S/C23H28N4O5/c1-16-14-20(17(2)32-16)22(29)25-6-8-27(9-7-25)23(30)24-19-5-3-4-18(15-19)21(28)26-10-12-31-13-11-26/h3-5,14-15H,6-13H2,1-2H3,(H,24,30). The van der Waals surface area contributed by atoms with Gasteiger partial charge < -0.3 is 29.2 Å². The normalized spacial score (nSPS) is 16.8. The molecular formula is C23H28N4O5. The molecule has 0 bridgehead atoms. The second-order valence-corrected chi connectivity index (χ2v) is 8.02. The van der Waals surface area contributed by atoms with Gasteiger partial charge in [0.15, 0.2) is 0 Å². The van der Waals surface area contributed by atoms with E-state index in [1.54, 1.807) is 52.0 Å². The maximum atomic E-state index is 12.7. The molecule has 0 radical (unpaired) electrons. The molecule has 2 aliphatic heterocycles. The molecule has 32 heavy (non-hydrogen) atoms. The van der Waals surface area contributed by atoms with Gasteiger partial charge in [0.1, 0.15) is 11.5 Å². The van der Waals surface area contributed by atoms with Crippen LogP contribution in [0.15, 0.2) is 34.7 Å². The molecule has 9 heteroatoms. The summed E-state index contributed by atoms with van der Waals surface area (Å²) in [6.45, 7) is 7.56. The molecule has 1 aromatic carbocycles. The van der Waals surface area contributed by atoms with Gasteiger partial charge in [-0.05, 0) is 38.1 Å². The van der Waals surface area contributed by atoms with Crippen LogP contribution in [0.1, 0.15) is 32.2 Å². The molecular weight excluding hydrogens is 412 g/mol. The third-order valence-electron chi connectivity index (χ3n) is 5.78. The minimum absolute atomic E-state index is 0.0682. The second-order valence-electron chi connectivity index (χ2n) is 8.02. The fraction of sp³-hybridized carbons (Fsp3) is 0.435. The molecule has 9 nitrogen and oxygen atoms in total. The zero-order valence-electron chi connectivity index (χ0n) is 18.4. The number of hydrogen-bond donors (Lipinski definition) is 1. The van der Waals surface area contributed by atoms with Crippen LogP contribution in [0.4, 0.5) is 10.5 Å². The number of nitrogens with one attached hydrogen (secondary N) is 1. The van der Waals surface area contributed by atoms with Crippen LogP contribution in [-0.4, -0.2) is 85.0 Å². The van der Waals surface area contributed by atoms with E-state index in [4.69, 9.17) is 9.15 Å². The van der Waals surface area contributed by atoms with Crippen LogP contribution in [0, 0.1) is 13.8 Å². The Labute approximate surface area is 186 Å². The van der Waals surface area contributed by atoms with Gasteiger partial charge >= 0.3 is 6.03 Å². The Morgan fingerprint density at radius 3 is 2.16 bits per heavy atom. The number of furan rings is 1. The van der Waals surface area contributed by atoms with Crippen molar-refractivity contribution in [3.8, 4) is 0 Å². The van der Waals surface area contributed by atoms with Crippen molar-refractivity contribution in [2.75, 3.05) is 57.8 Å².